The fourth-order valence-electron chi connectivity index (χ4n) is 3.06. The van der Waals surface area contributed by atoms with E-state index in [-0.39, 0.29) is 0 Å². The lowest BCUT2D eigenvalue weighted by molar-refractivity contribution is 0.705. The number of rotatable bonds is 5. The third kappa shape index (κ3) is 3.03. The maximum absolute atomic E-state index is 4.54. The van der Waals surface area contributed by atoms with Crippen molar-refractivity contribution in [3.05, 3.63) is 40.9 Å². The number of anilines is 1. The van der Waals surface area contributed by atoms with Gasteiger partial charge >= 0.3 is 0 Å². The number of aryl methyl sites for hydroxylation is 3. The van der Waals surface area contributed by atoms with E-state index >= 15 is 0 Å². The molecule has 0 aromatic carbocycles. The fraction of sp³-hybridized carbons (Fsp3) is 0.412. The quantitative estimate of drug-likeness (QED) is 0.715. The molecule has 3 aromatic rings. The van der Waals surface area contributed by atoms with Gasteiger partial charge in [-0.1, -0.05) is 0 Å². The van der Waals surface area contributed by atoms with Crippen LogP contribution in [0.15, 0.2) is 30.3 Å². The Morgan fingerprint density at radius 3 is 2.58 bits per heavy atom. The minimum absolute atomic E-state index is 0.828. The maximum atomic E-state index is 4.54. The molecule has 0 atom stereocenters. The molecule has 0 radical (unpaired) electrons. The molecule has 6 nitrogen and oxygen atoms in total. The first-order valence-corrected chi connectivity index (χ1v) is 9.17. The number of thiazole rings is 1. The van der Waals surface area contributed by atoms with E-state index in [1.165, 1.54) is 17.7 Å². The van der Waals surface area contributed by atoms with Gasteiger partial charge in [0.15, 0.2) is 0 Å². The molecule has 3 aromatic heterocycles. The SMILES string of the molecule is Cc1ncsc1CCn1ccnc1-c1cnc(N2CCCC2)nc1. The predicted molar refractivity (Wildman–Crippen MR) is 95.3 cm³/mol. The molecule has 0 amide bonds. The molecule has 1 aliphatic heterocycles. The van der Waals surface area contributed by atoms with Gasteiger partial charge in [0.25, 0.3) is 0 Å². The van der Waals surface area contributed by atoms with Crippen LogP contribution in [0.3, 0.4) is 0 Å². The lowest BCUT2D eigenvalue weighted by Gasteiger charge is -2.14. The van der Waals surface area contributed by atoms with Crippen LogP contribution < -0.4 is 4.90 Å². The lowest BCUT2D eigenvalue weighted by Crippen LogP contribution is -2.20. The van der Waals surface area contributed by atoms with Crippen LogP contribution >= 0.6 is 11.3 Å². The molecule has 0 N–H and O–H groups in total. The Labute approximate surface area is 145 Å². The summed E-state index contributed by atoms with van der Waals surface area (Å²) in [6.07, 6.45) is 11.0. The molecule has 4 rings (SSSR count). The summed E-state index contributed by atoms with van der Waals surface area (Å²) in [6, 6.07) is 0. The van der Waals surface area contributed by atoms with Crippen molar-refractivity contribution in [2.75, 3.05) is 18.0 Å². The monoisotopic (exact) mass is 340 g/mol. The van der Waals surface area contributed by atoms with Gasteiger partial charge in [-0.05, 0) is 19.8 Å². The van der Waals surface area contributed by atoms with Crippen molar-refractivity contribution < 1.29 is 0 Å². The third-order valence-corrected chi connectivity index (χ3v) is 5.42. The Morgan fingerprint density at radius 1 is 1.08 bits per heavy atom. The number of hydrogen-bond acceptors (Lipinski definition) is 6. The highest BCUT2D eigenvalue weighted by Crippen LogP contribution is 2.21. The van der Waals surface area contributed by atoms with Crippen LogP contribution in [0, 0.1) is 6.92 Å². The average molecular weight is 340 g/mol. The van der Waals surface area contributed by atoms with E-state index in [0.717, 1.165) is 49.1 Å². The standard InChI is InChI=1S/C17H20N6S/c1-13-15(24-12-21-13)4-8-22-9-5-18-16(22)14-10-19-17(20-11-14)23-6-2-3-7-23/h5,9-12H,2-4,6-8H2,1H3. The zero-order chi connectivity index (χ0) is 16.4. The average Bonchev–Trinajstić information content (AvgIpc) is 3.35. The van der Waals surface area contributed by atoms with Crippen LogP contribution in [0.1, 0.15) is 23.4 Å². The molecule has 1 saturated heterocycles. The van der Waals surface area contributed by atoms with Gasteiger partial charge in [0, 0.05) is 55.7 Å². The largest absolute Gasteiger partial charge is 0.341 e. The highest BCUT2D eigenvalue weighted by molar-refractivity contribution is 7.09. The Balaban J connectivity index is 1.50. The van der Waals surface area contributed by atoms with E-state index in [4.69, 9.17) is 0 Å². The van der Waals surface area contributed by atoms with Gasteiger partial charge in [-0.3, -0.25) is 0 Å². The summed E-state index contributed by atoms with van der Waals surface area (Å²) >= 11 is 1.71. The summed E-state index contributed by atoms with van der Waals surface area (Å²) in [5.41, 5.74) is 3.99. The van der Waals surface area contributed by atoms with Crippen molar-refractivity contribution in [1.29, 1.82) is 0 Å². The van der Waals surface area contributed by atoms with Gasteiger partial charge in [-0.2, -0.15) is 0 Å². The summed E-state index contributed by atoms with van der Waals surface area (Å²) < 4.78 is 2.16. The zero-order valence-electron chi connectivity index (χ0n) is 13.7. The first kappa shape index (κ1) is 15.3. The molecular formula is C17H20N6S. The van der Waals surface area contributed by atoms with Gasteiger partial charge in [-0.25, -0.2) is 19.9 Å². The number of hydrogen-bond donors (Lipinski definition) is 0. The number of nitrogens with zero attached hydrogens (tertiary/aromatic N) is 6. The highest BCUT2D eigenvalue weighted by Gasteiger charge is 2.15. The topological polar surface area (TPSA) is 59.7 Å². The Kier molecular flexibility index (Phi) is 4.25. The van der Waals surface area contributed by atoms with Gasteiger partial charge in [-0.15, -0.1) is 11.3 Å². The Bertz CT molecular complexity index is 801. The summed E-state index contributed by atoms with van der Waals surface area (Å²) in [7, 11) is 0. The normalized spacial score (nSPS) is 14.5. The molecule has 7 heteroatoms. The first-order chi connectivity index (χ1) is 11.8. The van der Waals surface area contributed by atoms with Crippen molar-refractivity contribution in [1.82, 2.24) is 24.5 Å². The molecule has 4 heterocycles. The van der Waals surface area contributed by atoms with Gasteiger partial charge < -0.3 is 9.47 Å². The second-order valence-electron chi connectivity index (χ2n) is 6.02. The van der Waals surface area contributed by atoms with E-state index < -0.39 is 0 Å². The second kappa shape index (κ2) is 6.68. The van der Waals surface area contributed by atoms with Crippen LogP contribution in [-0.4, -0.2) is 37.6 Å². The number of aromatic nitrogens is 5. The van der Waals surface area contributed by atoms with Crippen molar-refractivity contribution in [3.63, 3.8) is 0 Å². The van der Waals surface area contributed by atoms with E-state index in [0.29, 0.717) is 0 Å². The van der Waals surface area contributed by atoms with Crippen LogP contribution in [0.5, 0.6) is 0 Å². The van der Waals surface area contributed by atoms with E-state index in [1.54, 1.807) is 11.3 Å². The molecule has 0 aliphatic carbocycles. The van der Waals surface area contributed by atoms with Crippen molar-refractivity contribution in [2.45, 2.75) is 32.7 Å². The minimum atomic E-state index is 0.828. The highest BCUT2D eigenvalue weighted by atomic mass is 32.1. The molecule has 0 saturated carbocycles. The molecule has 1 fully saturated rings. The van der Waals surface area contributed by atoms with E-state index in [9.17, 15) is 0 Å². The predicted octanol–water partition coefficient (Wildman–Crippen LogP) is 2.95. The fourth-order valence-corrected chi connectivity index (χ4v) is 3.83. The molecule has 124 valence electrons. The van der Waals surface area contributed by atoms with E-state index in [2.05, 4.69) is 36.3 Å². The van der Waals surface area contributed by atoms with Gasteiger partial charge in [0.1, 0.15) is 5.82 Å². The van der Waals surface area contributed by atoms with Gasteiger partial charge in [0.05, 0.1) is 16.8 Å². The molecule has 1 aliphatic rings. The smallest absolute Gasteiger partial charge is 0.225 e. The van der Waals surface area contributed by atoms with Crippen LogP contribution in [0.2, 0.25) is 0 Å². The van der Waals surface area contributed by atoms with E-state index in [1.807, 2.05) is 30.3 Å². The third-order valence-electron chi connectivity index (χ3n) is 4.43. The van der Waals surface area contributed by atoms with Crippen molar-refractivity contribution in [3.8, 4) is 11.4 Å². The van der Waals surface area contributed by atoms with Crippen LogP contribution in [-0.2, 0) is 13.0 Å². The molecule has 0 unspecified atom stereocenters. The molecular weight excluding hydrogens is 320 g/mol. The minimum Gasteiger partial charge on any atom is -0.341 e. The van der Waals surface area contributed by atoms with Crippen LogP contribution in [0.25, 0.3) is 11.4 Å². The van der Waals surface area contributed by atoms with Crippen molar-refractivity contribution >= 4 is 17.3 Å². The lowest BCUT2D eigenvalue weighted by atomic mass is 10.3. The zero-order valence-corrected chi connectivity index (χ0v) is 14.5. The molecule has 0 bridgehead atoms. The Hall–Kier alpha value is -2.28. The number of imidazole rings is 1. The summed E-state index contributed by atoms with van der Waals surface area (Å²) in [5.74, 6) is 1.75. The summed E-state index contributed by atoms with van der Waals surface area (Å²) in [5, 5.41) is 0. The van der Waals surface area contributed by atoms with Gasteiger partial charge in [0.2, 0.25) is 5.95 Å². The first-order valence-electron chi connectivity index (χ1n) is 8.29. The van der Waals surface area contributed by atoms with Crippen LogP contribution in [0.4, 0.5) is 5.95 Å². The second-order valence-corrected chi connectivity index (χ2v) is 6.96. The Morgan fingerprint density at radius 2 is 1.88 bits per heavy atom. The molecule has 24 heavy (non-hydrogen) atoms. The summed E-state index contributed by atoms with van der Waals surface area (Å²) in [6.45, 7) is 5.06. The van der Waals surface area contributed by atoms with Crippen molar-refractivity contribution in [2.24, 2.45) is 0 Å². The molecule has 0 spiro atoms. The summed E-state index contributed by atoms with van der Waals surface area (Å²) in [4.78, 5) is 21.4. The maximum Gasteiger partial charge on any atom is 0.225 e.